The second-order valence-corrected chi connectivity index (χ2v) is 8.98. The molecule has 25 heavy (non-hydrogen) atoms. The number of carbonyl (C=O) groups excluding carboxylic acids is 1. The zero-order valence-electron chi connectivity index (χ0n) is 15.6. The number of aromatic nitrogens is 2. The van der Waals surface area contributed by atoms with Gasteiger partial charge in [0, 0.05) is 65.3 Å². The van der Waals surface area contributed by atoms with Gasteiger partial charge in [0.15, 0.2) is 0 Å². The van der Waals surface area contributed by atoms with Crippen molar-refractivity contribution in [2.75, 3.05) is 24.6 Å². The predicted octanol–water partition coefficient (Wildman–Crippen LogP) is 1.80. The first-order valence-electron chi connectivity index (χ1n) is 9.42. The average molecular weight is 367 g/mol. The first kappa shape index (κ1) is 18.6. The largest absolute Gasteiger partial charge is 0.336 e. The lowest BCUT2D eigenvalue weighted by Gasteiger charge is -2.41. The smallest absolute Gasteiger partial charge is 0.237 e. The van der Waals surface area contributed by atoms with E-state index in [0.717, 1.165) is 24.9 Å². The molecule has 4 unspecified atom stereocenters. The monoisotopic (exact) mass is 366 g/mol. The van der Waals surface area contributed by atoms with E-state index in [2.05, 4.69) is 35.7 Å². The molecule has 0 N–H and O–H groups in total. The summed E-state index contributed by atoms with van der Waals surface area (Å²) in [7, 11) is -0.821. The van der Waals surface area contributed by atoms with E-state index >= 15 is 0 Å². The first-order chi connectivity index (χ1) is 12.0. The van der Waals surface area contributed by atoms with Crippen molar-refractivity contribution in [2.45, 2.75) is 64.7 Å². The molecule has 4 atom stereocenters. The molecule has 0 bridgehead atoms. The molecule has 140 valence electrons. The van der Waals surface area contributed by atoms with Crippen molar-refractivity contribution in [1.29, 1.82) is 0 Å². The Balaban J connectivity index is 1.74. The molecule has 2 fully saturated rings. The zero-order valence-corrected chi connectivity index (χ0v) is 16.4. The van der Waals surface area contributed by atoms with E-state index in [4.69, 9.17) is 0 Å². The lowest BCUT2D eigenvalue weighted by molar-refractivity contribution is -0.139. The van der Waals surface area contributed by atoms with Gasteiger partial charge in [-0.3, -0.25) is 18.6 Å². The van der Waals surface area contributed by atoms with Crippen molar-refractivity contribution >= 4 is 16.7 Å². The lowest BCUT2D eigenvalue weighted by Crippen LogP contribution is -2.53. The highest BCUT2D eigenvalue weighted by atomic mass is 32.2. The molecule has 1 aromatic rings. The van der Waals surface area contributed by atoms with Gasteiger partial charge in [-0.25, -0.2) is 0 Å². The Kier molecular flexibility index (Phi) is 5.94. The number of hydrogen-bond acceptors (Lipinski definition) is 4. The molecule has 3 rings (SSSR count). The van der Waals surface area contributed by atoms with Gasteiger partial charge in [-0.15, -0.1) is 0 Å². The molecule has 0 radical (unpaired) electrons. The summed E-state index contributed by atoms with van der Waals surface area (Å²) in [6, 6.07) is 0.655. The highest BCUT2D eigenvalue weighted by molar-refractivity contribution is 7.85. The molecule has 1 amide bonds. The van der Waals surface area contributed by atoms with Crippen molar-refractivity contribution in [1.82, 2.24) is 19.6 Å². The van der Waals surface area contributed by atoms with Crippen LogP contribution in [0.15, 0.2) is 12.4 Å². The second-order valence-electron chi connectivity index (χ2n) is 7.36. The topological polar surface area (TPSA) is 58.4 Å². The van der Waals surface area contributed by atoms with Gasteiger partial charge in [-0.05, 0) is 40.0 Å². The minimum absolute atomic E-state index is 0.0224. The zero-order chi connectivity index (χ0) is 18.0. The number of nitrogens with zero attached hydrogens (tertiary/aromatic N) is 4. The maximum atomic E-state index is 13.0. The summed E-state index contributed by atoms with van der Waals surface area (Å²) in [5, 5.41) is 4.36. The van der Waals surface area contributed by atoms with Gasteiger partial charge in [0.05, 0.1) is 12.7 Å². The minimum Gasteiger partial charge on any atom is -0.336 e. The summed E-state index contributed by atoms with van der Waals surface area (Å²) in [6.07, 6.45) is 7.27. The minimum atomic E-state index is -0.821. The van der Waals surface area contributed by atoms with Gasteiger partial charge < -0.3 is 4.90 Å². The summed E-state index contributed by atoms with van der Waals surface area (Å²) in [5.74, 6) is 1.45. The molecule has 6 nitrogen and oxygen atoms in total. The van der Waals surface area contributed by atoms with E-state index in [1.165, 1.54) is 6.42 Å². The summed E-state index contributed by atoms with van der Waals surface area (Å²) >= 11 is 0. The fourth-order valence-corrected chi connectivity index (χ4v) is 5.49. The Morgan fingerprint density at radius 1 is 1.32 bits per heavy atom. The van der Waals surface area contributed by atoms with Crippen molar-refractivity contribution in [3.8, 4) is 0 Å². The van der Waals surface area contributed by atoms with Crippen LogP contribution in [0.1, 0.15) is 51.6 Å². The maximum absolute atomic E-state index is 13.0. The number of likely N-dealkylation sites (tertiary alicyclic amines) is 1. The lowest BCUT2D eigenvalue weighted by atomic mass is 9.97. The molecule has 2 aliphatic rings. The number of aryl methyl sites for hydroxylation is 1. The molecule has 0 aromatic carbocycles. The van der Waals surface area contributed by atoms with Gasteiger partial charge in [0.1, 0.15) is 0 Å². The Bertz CT molecular complexity index is 622. The molecular weight excluding hydrogens is 336 g/mol. The number of piperidine rings is 1. The van der Waals surface area contributed by atoms with Crippen LogP contribution in [0.3, 0.4) is 0 Å². The van der Waals surface area contributed by atoms with Gasteiger partial charge in [0.25, 0.3) is 0 Å². The quantitative estimate of drug-likeness (QED) is 0.815. The predicted molar refractivity (Wildman–Crippen MR) is 99.7 cm³/mol. The highest BCUT2D eigenvalue weighted by Crippen LogP contribution is 2.27. The van der Waals surface area contributed by atoms with Crippen LogP contribution < -0.4 is 0 Å². The molecule has 2 saturated heterocycles. The van der Waals surface area contributed by atoms with Crippen LogP contribution in [0.25, 0.3) is 0 Å². The van der Waals surface area contributed by atoms with Crippen molar-refractivity contribution < 1.29 is 9.00 Å². The fourth-order valence-electron chi connectivity index (χ4n) is 4.13. The number of amides is 1. The Hall–Kier alpha value is -1.21. The summed E-state index contributed by atoms with van der Waals surface area (Å²) in [6.45, 7) is 8.29. The standard InChI is InChI=1S/C18H30N4O2S/c1-4-21-11-16(10-19-21)17-13-25(24)9-8-20(17)12-18(23)22-14(2)6-5-7-15(22)3/h10-11,14-15,17H,4-9,12-13H2,1-3H3. The fraction of sp³-hybridized carbons (Fsp3) is 0.778. The molecule has 0 saturated carbocycles. The van der Waals surface area contributed by atoms with Gasteiger partial charge >= 0.3 is 0 Å². The van der Waals surface area contributed by atoms with Crippen LogP contribution in [-0.4, -0.2) is 66.4 Å². The van der Waals surface area contributed by atoms with Crippen LogP contribution in [0.4, 0.5) is 0 Å². The van der Waals surface area contributed by atoms with E-state index in [1.807, 2.05) is 17.1 Å². The number of carbonyl (C=O) groups is 1. The molecule has 1 aromatic heterocycles. The van der Waals surface area contributed by atoms with Crippen LogP contribution in [0, 0.1) is 0 Å². The van der Waals surface area contributed by atoms with Crippen molar-refractivity contribution in [3.05, 3.63) is 18.0 Å². The summed E-state index contributed by atoms with van der Waals surface area (Å²) < 4.78 is 14.0. The van der Waals surface area contributed by atoms with Gasteiger partial charge in [-0.2, -0.15) is 5.10 Å². The molecule has 7 heteroatoms. The average Bonchev–Trinajstić information content (AvgIpc) is 3.05. The third kappa shape index (κ3) is 4.14. The van der Waals surface area contributed by atoms with E-state index < -0.39 is 10.8 Å². The third-order valence-electron chi connectivity index (χ3n) is 5.57. The van der Waals surface area contributed by atoms with Crippen LogP contribution >= 0.6 is 0 Å². The van der Waals surface area contributed by atoms with Crippen LogP contribution in [-0.2, 0) is 22.1 Å². The van der Waals surface area contributed by atoms with E-state index in [1.54, 1.807) is 0 Å². The van der Waals surface area contributed by atoms with Crippen LogP contribution in [0.5, 0.6) is 0 Å². The SMILES string of the molecule is CCn1cc(C2CS(=O)CCN2CC(=O)N2C(C)CCCC2C)cn1. The first-order valence-corrected chi connectivity index (χ1v) is 10.9. The Labute approximate surface area is 153 Å². The van der Waals surface area contributed by atoms with Crippen molar-refractivity contribution in [2.24, 2.45) is 0 Å². The third-order valence-corrected chi connectivity index (χ3v) is 6.90. The number of hydrogen-bond donors (Lipinski definition) is 0. The molecule has 0 spiro atoms. The summed E-state index contributed by atoms with van der Waals surface area (Å²) in [5.41, 5.74) is 1.07. The van der Waals surface area contributed by atoms with Crippen molar-refractivity contribution in [3.63, 3.8) is 0 Å². The van der Waals surface area contributed by atoms with Gasteiger partial charge in [-0.1, -0.05) is 0 Å². The molecule has 0 aliphatic carbocycles. The van der Waals surface area contributed by atoms with Gasteiger partial charge in [0.2, 0.25) is 5.91 Å². The Morgan fingerprint density at radius 2 is 2.04 bits per heavy atom. The number of rotatable bonds is 4. The van der Waals surface area contributed by atoms with E-state index in [9.17, 15) is 9.00 Å². The van der Waals surface area contributed by atoms with Crippen LogP contribution in [0.2, 0.25) is 0 Å². The molecule has 2 aliphatic heterocycles. The maximum Gasteiger partial charge on any atom is 0.237 e. The normalized spacial score (nSPS) is 31.2. The Morgan fingerprint density at radius 3 is 2.68 bits per heavy atom. The van der Waals surface area contributed by atoms with E-state index in [0.29, 0.717) is 36.7 Å². The van der Waals surface area contributed by atoms with E-state index in [-0.39, 0.29) is 11.9 Å². The second kappa shape index (κ2) is 7.99. The summed E-state index contributed by atoms with van der Waals surface area (Å²) in [4.78, 5) is 17.3. The molecular formula is C18H30N4O2S. The molecule has 3 heterocycles. The highest BCUT2D eigenvalue weighted by Gasteiger charge is 2.34.